The molecule has 0 N–H and O–H groups in total. The number of halogens is 2. The molecule has 0 spiro atoms. The third-order valence-corrected chi connectivity index (χ3v) is 8.97. The van der Waals surface area contributed by atoms with Gasteiger partial charge in [0, 0.05) is 24.0 Å². The van der Waals surface area contributed by atoms with Crippen molar-refractivity contribution >= 4 is 75.0 Å². The smallest absolute Gasteiger partial charge is 0.415 e. The van der Waals surface area contributed by atoms with Crippen LogP contribution in [-0.4, -0.2) is 87.0 Å². The first kappa shape index (κ1) is 38.9. The number of ether oxygens (including phenoxy) is 5. The molecule has 0 aliphatic carbocycles. The number of anilines is 1. The Hall–Kier alpha value is -3.85. The lowest BCUT2D eigenvalue weighted by Crippen LogP contribution is -2.53. The van der Waals surface area contributed by atoms with Gasteiger partial charge in [-0.15, -0.1) is 6.42 Å². The quantitative estimate of drug-likeness (QED) is 0.0632. The SMILES string of the molecule is C#C[C@@]1(C)[C@@H](COC(Cc2ccc(I)cc2)(C(C)=O)C(=O)OCC)O[C@@H](n2cnc3c(N(C)C(=O)OC(C)(C)C)nc(Cl)nc32)[C@@H]1OC(C)=O. The van der Waals surface area contributed by atoms with Gasteiger partial charge < -0.3 is 23.7 Å². The molecule has 1 unspecified atom stereocenters. The number of benzene rings is 1. The van der Waals surface area contributed by atoms with Crippen molar-refractivity contribution in [3.8, 4) is 12.3 Å². The zero-order chi connectivity index (χ0) is 37.2. The molecule has 4 rings (SSSR count). The van der Waals surface area contributed by atoms with E-state index < -0.39 is 58.9 Å². The van der Waals surface area contributed by atoms with Gasteiger partial charge in [0.05, 0.1) is 25.0 Å². The largest absolute Gasteiger partial charge is 0.463 e. The van der Waals surface area contributed by atoms with Crippen LogP contribution in [0.4, 0.5) is 10.6 Å². The van der Waals surface area contributed by atoms with Crippen molar-refractivity contribution < 1.29 is 42.9 Å². The van der Waals surface area contributed by atoms with Gasteiger partial charge in [0.15, 0.2) is 35.1 Å². The monoisotopic (exact) mass is 823 g/mol. The predicted octanol–water partition coefficient (Wildman–Crippen LogP) is 5.07. The first-order chi connectivity index (χ1) is 23.4. The highest BCUT2D eigenvalue weighted by Crippen LogP contribution is 2.47. The molecular weight excluding hydrogens is 785 g/mol. The Morgan fingerprint density at radius 2 is 1.82 bits per heavy atom. The molecule has 1 aliphatic rings. The third kappa shape index (κ3) is 8.03. The van der Waals surface area contributed by atoms with Gasteiger partial charge in [-0.3, -0.25) is 19.1 Å². The van der Waals surface area contributed by atoms with Crippen LogP contribution in [0.2, 0.25) is 5.28 Å². The molecule has 0 bridgehead atoms. The van der Waals surface area contributed by atoms with Gasteiger partial charge in [-0.05, 0) is 93.4 Å². The highest BCUT2D eigenvalue weighted by Gasteiger charge is 2.58. The number of ketones is 1. The zero-order valence-electron chi connectivity index (χ0n) is 29.0. The maximum absolute atomic E-state index is 13.5. The number of rotatable bonds is 11. The van der Waals surface area contributed by atoms with Gasteiger partial charge in [0.25, 0.3) is 0 Å². The number of Topliss-reactive ketones (excluding diaryl/α,β-unsaturated/α-hetero) is 1. The van der Waals surface area contributed by atoms with E-state index in [1.807, 2.05) is 12.1 Å². The van der Waals surface area contributed by atoms with Crippen LogP contribution < -0.4 is 4.90 Å². The summed E-state index contributed by atoms with van der Waals surface area (Å²) in [5, 5.41) is -0.220. The number of carbonyl (C=O) groups is 4. The minimum absolute atomic E-state index is 0.00569. The number of aromatic nitrogens is 4. The third-order valence-electron chi connectivity index (χ3n) is 8.08. The van der Waals surface area contributed by atoms with Crippen molar-refractivity contribution in [2.24, 2.45) is 5.41 Å². The first-order valence-electron chi connectivity index (χ1n) is 15.6. The second kappa shape index (κ2) is 15.2. The molecular formula is C34H39ClIN5O9. The normalized spacial score (nSPS) is 21.6. The van der Waals surface area contributed by atoms with Crippen LogP contribution in [0.15, 0.2) is 30.6 Å². The lowest BCUT2D eigenvalue weighted by Gasteiger charge is -2.33. The van der Waals surface area contributed by atoms with Crippen molar-refractivity contribution in [3.05, 3.63) is 45.0 Å². The highest BCUT2D eigenvalue weighted by molar-refractivity contribution is 14.1. The highest BCUT2D eigenvalue weighted by atomic mass is 127. The Morgan fingerprint density at radius 3 is 2.38 bits per heavy atom. The van der Waals surface area contributed by atoms with Crippen molar-refractivity contribution in [3.63, 3.8) is 0 Å². The molecule has 50 heavy (non-hydrogen) atoms. The van der Waals surface area contributed by atoms with E-state index in [0.717, 1.165) is 8.47 Å². The fourth-order valence-electron chi connectivity index (χ4n) is 5.44. The van der Waals surface area contributed by atoms with Gasteiger partial charge in [0.1, 0.15) is 11.7 Å². The van der Waals surface area contributed by atoms with Crippen LogP contribution in [0.25, 0.3) is 11.2 Å². The van der Waals surface area contributed by atoms with Gasteiger partial charge in [0.2, 0.25) is 10.9 Å². The Balaban J connectivity index is 1.76. The van der Waals surface area contributed by atoms with E-state index in [2.05, 4.69) is 43.5 Å². The number of carbonyl (C=O) groups excluding carboxylic acids is 4. The maximum atomic E-state index is 13.5. The molecule has 0 saturated carbocycles. The van der Waals surface area contributed by atoms with E-state index in [1.165, 1.54) is 31.8 Å². The van der Waals surface area contributed by atoms with Crippen LogP contribution in [0.5, 0.6) is 0 Å². The molecule has 1 saturated heterocycles. The van der Waals surface area contributed by atoms with Crippen LogP contribution in [0.3, 0.4) is 0 Å². The summed E-state index contributed by atoms with van der Waals surface area (Å²) in [4.78, 5) is 66.3. The fraction of sp³-hybridized carbons (Fsp3) is 0.500. The van der Waals surface area contributed by atoms with E-state index in [4.69, 9.17) is 41.7 Å². The summed E-state index contributed by atoms with van der Waals surface area (Å²) in [5.74, 6) is 0.631. The molecule has 16 heteroatoms. The summed E-state index contributed by atoms with van der Waals surface area (Å²) in [7, 11) is 1.45. The number of nitrogens with zero attached hydrogens (tertiary/aromatic N) is 5. The molecule has 1 aromatic carbocycles. The molecule has 14 nitrogen and oxygen atoms in total. The molecule has 268 valence electrons. The number of hydrogen-bond acceptors (Lipinski definition) is 12. The second-order valence-corrected chi connectivity index (χ2v) is 14.5. The second-order valence-electron chi connectivity index (χ2n) is 12.9. The van der Waals surface area contributed by atoms with Crippen molar-refractivity contribution in [1.29, 1.82) is 0 Å². The lowest BCUT2D eigenvalue weighted by atomic mass is 9.81. The Labute approximate surface area is 308 Å². The number of esters is 2. The lowest BCUT2D eigenvalue weighted by molar-refractivity contribution is -0.182. The van der Waals surface area contributed by atoms with Crippen molar-refractivity contribution in [1.82, 2.24) is 19.5 Å². The van der Waals surface area contributed by atoms with Gasteiger partial charge >= 0.3 is 18.0 Å². The topological polar surface area (TPSA) is 161 Å². The zero-order valence-corrected chi connectivity index (χ0v) is 31.9. The summed E-state index contributed by atoms with van der Waals surface area (Å²) in [5.41, 5.74) is -3.27. The number of terminal acetylenes is 1. The van der Waals surface area contributed by atoms with Gasteiger partial charge in [-0.2, -0.15) is 9.97 Å². The summed E-state index contributed by atoms with van der Waals surface area (Å²) in [6, 6.07) is 7.27. The molecule has 0 radical (unpaired) electrons. The molecule has 5 atom stereocenters. The summed E-state index contributed by atoms with van der Waals surface area (Å²) in [6.07, 6.45) is 3.27. The van der Waals surface area contributed by atoms with Crippen molar-refractivity contribution in [2.45, 2.75) is 84.5 Å². The van der Waals surface area contributed by atoms with Crippen LogP contribution in [-0.2, 0) is 44.5 Å². The van der Waals surface area contributed by atoms with Crippen molar-refractivity contribution in [2.75, 3.05) is 25.2 Å². The van der Waals surface area contributed by atoms with E-state index in [1.54, 1.807) is 46.8 Å². The molecule has 1 fully saturated rings. The Kier molecular flexibility index (Phi) is 11.8. The number of hydrogen-bond donors (Lipinski definition) is 0. The van der Waals surface area contributed by atoms with E-state index >= 15 is 0 Å². The number of fused-ring (bicyclic) bond motifs is 1. The number of amides is 1. The Bertz CT molecular complexity index is 1820. The fourth-order valence-corrected chi connectivity index (χ4v) is 5.96. The van der Waals surface area contributed by atoms with Crippen LogP contribution in [0, 0.1) is 21.3 Å². The van der Waals surface area contributed by atoms with Gasteiger partial charge in [-0.25, -0.2) is 14.6 Å². The standard InChI is InChI=1S/C34H39ClIN5O9/c1-10-33(8)23(17-47-34(19(3)42,29(44)46-11-2)16-21-12-14-22(36)15-13-21)49-28(25(33)48-20(4)43)41-18-37-24-26(38-30(35)39-27(24)41)40(9)31(45)50-32(5,6)7/h1,12-15,18,23,25,28H,11,16-17H2,2-9H3/t23-,25+,28-,33+,34?/m1/s1. The summed E-state index contributed by atoms with van der Waals surface area (Å²) >= 11 is 8.49. The maximum Gasteiger partial charge on any atom is 0.415 e. The average Bonchev–Trinajstić information content (AvgIpc) is 3.56. The van der Waals surface area contributed by atoms with Gasteiger partial charge in [-0.1, -0.05) is 18.1 Å². The minimum atomic E-state index is -2.04. The van der Waals surface area contributed by atoms with Crippen LogP contribution in [0.1, 0.15) is 60.3 Å². The summed E-state index contributed by atoms with van der Waals surface area (Å²) in [6.45, 7) is 10.5. The van der Waals surface area contributed by atoms with E-state index in [9.17, 15) is 19.2 Å². The molecule has 2 aromatic heterocycles. The van der Waals surface area contributed by atoms with Crippen LogP contribution >= 0.6 is 34.2 Å². The molecule has 3 heterocycles. The molecule has 1 aliphatic heterocycles. The molecule has 1 amide bonds. The van der Waals surface area contributed by atoms with E-state index in [0.29, 0.717) is 5.56 Å². The average molecular weight is 824 g/mol. The summed E-state index contributed by atoms with van der Waals surface area (Å²) < 4.78 is 31.7. The Morgan fingerprint density at radius 1 is 1.16 bits per heavy atom. The van der Waals surface area contributed by atoms with E-state index in [-0.39, 0.29) is 41.9 Å². The predicted molar refractivity (Wildman–Crippen MR) is 190 cm³/mol. The first-order valence-corrected chi connectivity index (χ1v) is 17.1. The minimum Gasteiger partial charge on any atom is -0.463 e. The molecule has 3 aromatic rings. The number of imidazole rings is 1.